The Morgan fingerprint density at radius 2 is 1.80 bits per heavy atom. The SMILES string of the molecule is COc1ccc(N=Nc2n(CC(O)CCl)cc[n+]2CC(O)CCl)cc1. The van der Waals surface area contributed by atoms with Crippen LogP contribution in [0.3, 0.4) is 0 Å². The second-order valence-corrected chi connectivity index (χ2v) is 6.03. The van der Waals surface area contributed by atoms with Crippen LogP contribution in [0.4, 0.5) is 11.6 Å². The quantitative estimate of drug-likeness (QED) is 0.393. The van der Waals surface area contributed by atoms with Gasteiger partial charge < -0.3 is 14.9 Å². The molecule has 0 saturated carbocycles. The third-order valence-corrected chi connectivity index (χ3v) is 4.15. The summed E-state index contributed by atoms with van der Waals surface area (Å²) in [6, 6.07) is 7.13. The molecular formula is C16H21Cl2N4O3+. The molecule has 2 rings (SSSR count). The fraction of sp³-hybridized carbons (Fsp3) is 0.438. The van der Waals surface area contributed by atoms with Crippen molar-refractivity contribution in [1.29, 1.82) is 0 Å². The number of halogens is 2. The van der Waals surface area contributed by atoms with E-state index in [9.17, 15) is 10.2 Å². The van der Waals surface area contributed by atoms with E-state index < -0.39 is 12.2 Å². The molecule has 7 nitrogen and oxygen atoms in total. The minimum Gasteiger partial charge on any atom is -0.497 e. The Morgan fingerprint density at radius 1 is 1.12 bits per heavy atom. The van der Waals surface area contributed by atoms with E-state index in [0.717, 1.165) is 5.75 Å². The molecule has 0 spiro atoms. The first-order valence-electron chi connectivity index (χ1n) is 7.69. The summed E-state index contributed by atoms with van der Waals surface area (Å²) in [5.74, 6) is 1.42. The predicted octanol–water partition coefficient (Wildman–Crippen LogP) is 2.40. The number of rotatable bonds is 9. The largest absolute Gasteiger partial charge is 0.497 e. The summed E-state index contributed by atoms with van der Waals surface area (Å²) in [6.45, 7) is 0.537. The molecule has 0 bridgehead atoms. The van der Waals surface area contributed by atoms with E-state index in [0.29, 0.717) is 11.6 Å². The van der Waals surface area contributed by atoms with Crippen LogP contribution in [-0.4, -0.2) is 45.9 Å². The van der Waals surface area contributed by atoms with Gasteiger partial charge in [-0.3, -0.25) is 0 Å². The number of aromatic nitrogens is 2. The van der Waals surface area contributed by atoms with Gasteiger partial charge in [0.25, 0.3) is 0 Å². The minimum atomic E-state index is -0.713. The Kier molecular flexibility index (Phi) is 7.64. The smallest absolute Gasteiger partial charge is 0.421 e. The Morgan fingerprint density at radius 3 is 2.40 bits per heavy atom. The standard InChI is InChI=1S/C16H21Cl2N4O3/c1-25-15-4-2-12(3-5-15)19-20-16-21(10-13(23)8-17)6-7-22(16)11-14(24)9-18/h2-7,13-14,23-24H,8-11H2,1H3/q+1. The molecule has 0 fully saturated rings. The highest BCUT2D eigenvalue weighted by atomic mass is 35.5. The lowest BCUT2D eigenvalue weighted by Gasteiger charge is -2.06. The van der Waals surface area contributed by atoms with Crippen molar-refractivity contribution in [2.75, 3.05) is 18.9 Å². The zero-order valence-electron chi connectivity index (χ0n) is 13.8. The van der Waals surface area contributed by atoms with Gasteiger partial charge in [-0.2, -0.15) is 0 Å². The topological polar surface area (TPSA) is 83.2 Å². The van der Waals surface area contributed by atoms with Gasteiger partial charge >= 0.3 is 5.95 Å². The second kappa shape index (κ2) is 9.72. The van der Waals surface area contributed by atoms with Gasteiger partial charge in [-0.1, -0.05) is 5.11 Å². The number of hydrogen-bond donors (Lipinski definition) is 2. The van der Waals surface area contributed by atoms with Gasteiger partial charge in [0.05, 0.1) is 56.6 Å². The molecule has 136 valence electrons. The van der Waals surface area contributed by atoms with Crippen LogP contribution in [0.1, 0.15) is 0 Å². The number of aliphatic hydroxyl groups is 2. The van der Waals surface area contributed by atoms with Crippen molar-refractivity contribution >= 4 is 34.8 Å². The zero-order chi connectivity index (χ0) is 18.2. The number of azo groups is 1. The van der Waals surface area contributed by atoms with Crippen LogP contribution in [-0.2, 0) is 13.1 Å². The van der Waals surface area contributed by atoms with Crippen molar-refractivity contribution in [3.05, 3.63) is 36.7 Å². The molecule has 9 heteroatoms. The molecule has 25 heavy (non-hydrogen) atoms. The van der Waals surface area contributed by atoms with E-state index in [1.165, 1.54) is 0 Å². The number of ether oxygens (including phenoxy) is 1. The van der Waals surface area contributed by atoms with Crippen LogP contribution in [0.15, 0.2) is 46.9 Å². The lowest BCUT2D eigenvalue weighted by Crippen LogP contribution is -2.39. The first kappa shape index (κ1) is 19.7. The monoisotopic (exact) mass is 387 g/mol. The third kappa shape index (κ3) is 5.67. The van der Waals surface area contributed by atoms with Crippen molar-refractivity contribution in [3.63, 3.8) is 0 Å². The number of imidazole rings is 1. The highest BCUT2D eigenvalue weighted by molar-refractivity contribution is 6.18. The molecule has 2 N–H and O–H groups in total. The second-order valence-electron chi connectivity index (χ2n) is 5.42. The fourth-order valence-corrected chi connectivity index (χ4v) is 2.36. The summed E-state index contributed by atoms with van der Waals surface area (Å²) in [6.07, 6.45) is 2.07. The molecule has 2 aromatic rings. The summed E-state index contributed by atoms with van der Waals surface area (Å²) >= 11 is 11.4. The maximum atomic E-state index is 9.80. The molecule has 1 aromatic heterocycles. The zero-order valence-corrected chi connectivity index (χ0v) is 15.3. The highest BCUT2D eigenvalue weighted by Crippen LogP contribution is 2.20. The van der Waals surface area contributed by atoms with Crippen molar-refractivity contribution in [2.45, 2.75) is 25.3 Å². The average molecular weight is 388 g/mol. The summed E-state index contributed by atoms with van der Waals surface area (Å²) in [4.78, 5) is 0. The molecule has 0 aliphatic rings. The Balaban J connectivity index is 2.27. The number of aliphatic hydroxyl groups excluding tert-OH is 2. The van der Waals surface area contributed by atoms with Gasteiger partial charge in [0, 0.05) is 5.11 Å². The Hall–Kier alpha value is -1.67. The van der Waals surface area contributed by atoms with Crippen molar-refractivity contribution in [2.24, 2.45) is 10.2 Å². The van der Waals surface area contributed by atoms with Crippen molar-refractivity contribution in [3.8, 4) is 5.75 Å². The van der Waals surface area contributed by atoms with E-state index in [2.05, 4.69) is 10.2 Å². The van der Waals surface area contributed by atoms with Crippen LogP contribution < -0.4 is 9.30 Å². The van der Waals surface area contributed by atoms with Crippen LogP contribution in [0.25, 0.3) is 0 Å². The van der Waals surface area contributed by atoms with Gasteiger partial charge in [0.2, 0.25) is 0 Å². The van der Waals surface area contributed by atoms with E-state index in [1.807, 2.05) is 0 Å². The molecule has 1 aromatic carbocycles. The molecule has 0 amide bonds. The highest BCUT2D eigenvalue weighted by Gasteiger charge is 2.21. The van der Waals surface area contributed by atoms with Gasteiger partial charge in [-0.15, -0.1) is 23.2 Å². The van der Waals surface area contributed by atoms with Crippen LogP contribution in [0.5, 0.6) is 5.75 Å². The molecule has 0 aliphatic heterocycles. The number of nitrogens with zero attached hydrogens (tertiary/aromatic N) is 4. The Bertz CT molecular complexity index is 662. The van der Waals surface area contributed by atoms with Crippen LogP contribution >= 0.6 is 23.2 Å². The average Bonchev–Trinajstić information content (AvgIpc) is 3.01. The molecule has 2 atom stereocenters. The summed E-state index contributed by atoms with van der Waals surface area (Å²) in [5, 5.41) is 28.1. The van der Waals surface area contributed by atoms with Crippen molar-refractivity contribution in [1.82, 2.24) is 4.57 Å². The van der Waals surface area contributed by atoms with Crippen LogP contribution in [0, 0.1) is 0 Å². The molecule has 2 unspecified atom stereocenters. The molecule has 0 saturated heterocycles. The summed E-state index contributed by atoms with van der Waals surface area (Å²) in [7, 11) is 1.59. The molecule has 0 radical (unpaired) electrons. The maximum absolute atomic E-state index is 9.80. The lowest BCUT2D eigenvalue weighted by atomic mass is 10.3. The van der Waals surface area contributed by atoms with E-state index in [4.69, 9.17) is 27.9 Å². The van der Waals surface area contributed by atoms with E-state index in [1.54, 1.807) is 52.9 Å². The van der Waals surface area contributed by atoms with Gasteiger partial charge in [0.1, 0.15) is 11.4 Å². The molecule has 1 heterocycles. The van der Waals surface area contributed by atoms with Crippen molar-refractivity contribution < 1.29 is 19.5 Å². The normalized spacial score (nSPS) is 14.0. The van der Waals surface area contributed by atoms with Crippen LogP contribution in [0.2, 0.25) is 0 Å². The molecule has 0 aliphatic carbocycles. The predicted molar refractivity (Wildman–Crippen MR) is 95.3 cm³/mol. The summed E-state index contributed by atoms with van der Waals surface area (Å²) < 4.78 is 8.56. The number of hydrogen-bond acceptors (Lipinski definition) is 5. The van der Waals surface area contributed by atoms with Gasteiger partial charge in [-0.05, 0) is 24.3 Å². The van der Waals surface area contributed by atoms with Gasteiger partial charge in [0.15, 0.2) is 0 Å². The van der Waals surface area contributed by atoms with Gasteiger partial charge in [-0.25, -0.2) is 9.13 Å². The lowest BCUT2D eigenvalue weighted by molar-refractivity contribution is -0.689. The first-order valence-corrected chi connectivity index (χ1v) is 8.76. The first-order chi connectivity index (χ1) is 12.1. The number of benzene rings is 1. The minimum absolute atomic E-state index is 0.109. The maximum Gasteiger partial charge on any atom is 0.421 e. The van der Waals surface area contributed by atoms with E-state index in [-0.39, 0.29) is 24.8 Å². The van der Waals surface area contributed by atoms with E-state index >= 15 is 0 Å². The fourth-order valence-electron chi connectivity index (χ4n) is 2.16. The number of methoxy groups -OCH3 is 1. The molecular weight excluding hydrogens is 367 g/mol. The Labute approximate surface area is 156 Å². The number of alkyl halides is 2. The summed E-state index contributed by atoms with van der Waals surface area (Å²) in [5.41, 5.74) is 0.649. The third-order valence-electron chi connectivity index (χ3n) is 3.44.